The van der Waals surface area contributed by atoms with Crippen LogP contribution in [0.25, 0.3) is 0 Å². The lowest BCUT2D eigenvalue weighted by Gasteiger charge is -2.14. The molecule has 2 N–H and O–H groups in total. The third-order valence-corrected chi connectivity index (χ3v) is 4.26. The summed E-state index contributed by atoms with van der Waals surface area (Å²) in [5, 5.41) is 2.96. The van der Waals surface area contributed by atoms with Gasteiger partial charge in [0, 0.05) is 23.9 Å². The second-order valence-electron chi connectivity index (χ2n) is 5.27. The molecule has 27 heavy (non-hydrogen) atoms. The standard InChI is InChI=1S/C17H19N3O6S/c1-9-5-14(21)20-17(18-9)27-8-15(22)19-11-7-13(25-3)12(24-2)6-10(11)16(23)26-4/h5-7H,8H2,1-4H3,(H,19,22)(H,18,20,21). The maximum absolute atomic E-state index is 12.3. The van der Waals surface area contributed by atoms with E-state index in [4.69, 9.17) is 14.2 Å². The second-order valence-corrected chi connectivity index (χ2v) is 6.24. The minimum absolute atomic E-state index is 0.0264. The van der Waals surface area contributed by atoms with Gasteiger partial charge in [-0.2, -0.15) is 0 Å². The third kappa shape index (κ3) is 5.23. The first kappa shape index (κ1) is 20.3. The van der Waals surface area contributed by atoms with E-state index in [-0.39, 0.29) is 22.6 Å². The molecule has 0 radical (unpaired) electrons. The van der Waals surface area contributed by atoms with Crippen molar-refractivity contribution in [3.05, 3.63) is 39.8 Å². The summed E-state index contributed by atoms with van der Waals surface area (Å²) in [4.78, 5) is 42.4. The van der Waals surface area contributed by atoms with Crippen molar-refractivity contribution in [2.45, 2.75) is 12.1 Å². The van der Waals surface area contributed by atoms with Crippen molar-refractivity contribution >= 4 is 29.3 Å². The molecule has 144 valence electrons. The maximum Gasteiger partial charge on any atom is 0.340 e. The van der Waals surface area contributed by atoms with Gasteiger partial charge < -0.3 is 24.5 Å². The van der Waals surface area contributed by atoms with E-state index in [9.17, 15) is 14.4 Å². The highest BCUT2D eigenvalue weighted by atomic mass is 32.2. The third-order valence-electron chi connectivity index (χ3n) is 3.39. The number of aromatic amines is 1. The smallest absolute Gasteiger partial charge is 0.340 e. The number of H-pyrrole nitrogens is 1. The molecule has 10 heteroatoms. The molecule has 2 rings (SSSR count). The van der Waals surface area contributed by atoms with Crippen LogP contribution in [0, 0.1) is 6.92 Å². The van der Waals surface area contributed by atoms with Crippen LogP contribution >= 0.6 is 11.8 Å². The summed E-state index contributed by atoms with van der Waals surface area (Å²) in [7, 11) is 4.11. The van der Waals surface area contributed by atoms with Crippen LogP contribution in [0.2, 0.25) is 0 Å². The fraction of sp³-hybridized carbons (Fsp3) is 0.294. The maximum atomic E-state index is 12.3. The van der Waals surface area contributed by atoms with E-state index >= 15 is 0 Å². The highest BCUT2D eigenvalue weighted by molar-refractivity contribution is 7.99. The molecule has 0 aliphatic rings. The van der Waals surface area contributed by atoms with Gasteiger partial charge in [-0.3, -0.25) is 9.59 Å². The number of methoxy groups -OCH3 is 3. The number of aryl methyl sites for hydroxylation is 1. The summed E-state index contributed by atoms with van der Waals surface area (Å²) >= 11 is 1.06. The minimum atomic E-state index is -0.636. The van der Waals surface area contributed by atoms with Gasteiger partial charge in [-0.1, -0.05) is 11.8 Å². The number of hydrogen-bond acceptors (Lipinski definition) is 8. The van der Waals surface area contributed by atoms with E-state index in [2.05, 4.69) is 15.3 Å². The first-order chi connectivity index (χ1) is 12.9. The number of amides is 1. The second kappa shape index (κ2) is 9.08. The van der Waals surface area contributed by atoms with Gasteiger partial charge in [0.25, 0.3) is 5.56 Å². The number of rotatable bonds is 7. The van der Waals surface area contributed by atoms with Crippen LogP contribution in [0.15, 0.2) is 28.2 Å². The number of anilines is 1. The van der Waals surface area contributed by atoms with Crippen molar-refractivity contribution in [2.24, 2.45) is 0 Å². The summed E-state index contributed by atoms with van der Waals surface area (Å²) < 4.78 is 15.1. The predicted molar refractivity (Wildman–Crippen MR) is 99.8 cm³/mol. The topological polar surface area (TPSA) is 120 Å². The molecule has 1 heterocycles. The van der Waals surface area contributed by atoms with Crippen molar-refractivity contribution in [3.8, 4) is 11.5 Å². The molecule has 0 atom stereocenters. The molecule has 0 bridgehead atoms. The SMILES string of the molecule is COC(=O)c1cc(OC)c(OC)cc1NC(=O)CSc1nc(C)cc(=O)[nH]1. The number of hydrogen-bond donors (Lipinski definition) is 2. The first-order valence-electron chi connectivity index (χ1n) is 7.73. The summed E-state index contributed by atoms with van der Waals surface area (Å²) in [5.74, 6) is -0.392. The lowest BCUT2D eigenvalue weighted by Crippen LogP contribution is -2.18. The Balaban J connectivity index is 2.20. The zero-order chi connectivity index (χ0) is 20.0. The molecule has 0 fully saturated rings. The molecule has 2 aromatic rings. The number of ether oxygens (including phenoxy) is 3. The number of benzene rings is 1. The normalized spacial score (nSPS) is 10.2. The van der Waals surface area contributed by atoms with Crippen molar-refractivity contribution < 1.29 is 23.8 Å². The Bertz CT molecular complexity index is 912. The fourth-order valence-corrected chi connectivity index (χ4v) is 2.92. The van der Waals surface area contributed by atoms with Crippen LogP contribution in [-0.4, -0.2) is 48.9 Å². The average Bonchev–Trinajstić information content (AvgIpc) is 2.64. The van der Waals surface area contributed by atoms with E-state index in [0.717, 1.165) is 11.8 Å². The van der Waals surface area contributed by atoms with Gasteiger partial charge in [-0.05, 0) is 6.92 Å². The number of carbonyl (C=O) groups excluding carboxylic acids is 2. The molecule has 0 aliphatic carbocycles. The highest BCUT2D eigenvalue weighted by Gasteiger charge is 2.19. The van der Waals surface area contributed by atoms with Crippen molar-refractivity contribution in [1.82, 2.24) is 9.97 Å². The van der Waals surface area contributed by atoms with Crippen LogP contribution in [0.5, 0.6) is 11.5 Å². The summed E-state index contributed by atoms with van der Waals surface area (Å²) in [6.07, 6.45) is 0. The Morgan fingerprint density at radius 3 is 2.41 bits per heavy atom. The Hall–Kier alpha value is -3.01. The Kier molecular flexibility index (Phi) is 6.83. The zero-order valence-corrected chi connectivity index (χ0v) is 16.1. The molecule has 9 nitrogen and oxygen atoms in total. The van der Waals surface area contributed by atoms with Crippen LogP contribution in [0.3, 0.4) is 0 Å². The summed E-state index contributed by atoms with van der Waals surface area (Å²) in [6.45, 7) is 1.69. The molecule has 1 aromatic carbocycles. The number of nitrogens with one attached hydrogen (secondary N) is 2. The predicted octanol–water partition coefficient (Wildman–Crippen LogP) is 1.61. The molecule has 1 amide bonds. The van der Waals surface area contributed by atoms with E-state index < -0.39 is 11.9 Å². The molecule has 0 unspecified atom stereocenters. The molecular weight excluding hydrogens is 374 g/mol. The lowest BCUT2D eigenvalue weighted by molar-refractivity contribution is -0.113. The molecule has 0 spiro atoms. The summed E-state index contributed by atoms with van der Waals surface area (Å²) in [6, 6.07) is 4.25. The Morgan fingerprint density at radius 2 is 1.81 bits per heavy atom. The lowest BCUT2D eigenvalue weighted by atomic mass is 10.1. The van der Waals surface area contributed by atoms with Gasteiger partial charge in [0.2, 0.25) is 5.91 Å². The molecule has 0 saturated heterocycles. The minimum Gasteiger partial charge on any atom is -0.493 e. The van der Waals surface area contributed by atoms with Crippen molar-refractivity contribution in [2.75, 3.05) is 32.4 Å². The van der Waals surface area contributed by atoms with E-state index in [1.807, 2.05) is 0 Å². The van der Waals surface area contributed by atoms with Gasteiger partial charge in [-0.15, -0.1) is 0 Å². The number of esters is 1. The number of thioether (sulfide) groups is 1. The van der Waals surface area contributed by atoms with Crippen LogP contribution in [-0.2, 0) is 9.53 Å². The molecule has 0 saturated carbocycles. The molecule has 0 aliphatic heterocycles. The molecule has 1 aromatic heterocycles. The van der Waals surface area contributed by atoms with Gasteiger partial charge in [0.1, 0.15) is 0 Å². The molecular formula is C17H19N3O6S. The highest BCUT2D eigenvalue weighted by Crippen LogP contribution is 2.33. The average molecular weight is 393 g/mol. The van der Waals surface area contributed by atoms with Crippen LogP contribution in [0.4, 0.5) is 5.69 Å². The van der Waals surface area contributed by atoms with E-state index in [1.54, 1.807) is 6.92 Å². The largest absolute Gasteiger partial charge is 0.493 e. The van der Waals surface area contributed by atoms with Crippen LogP contribution < -0.4 is 20.3 Å². The van der Waals surface area contributed by atoms with E-state index in [0.29, 0.717) is 22.3 Å². The number of carbonyl (C=O) groups is 2. The van der Waals surface area contributed by atoms with Crippen molar-refractivity contribution in [1.29, 1.82) is 0 Å². The van der Waals surface area contributed by atoms with Crippen molar-refractivity contribution in [3.63, 3.8) is 0 Å². The quantitative estimate of drug-likeness (QED) is 0.414. The van der Waals surface area contributed by atoms with Gasteiger partial charge in [0.05, 0.1) is 38.3 Å². The zero-order valence-electron chi connectivity index (χ0n) is 15.2. The number of aromatic nitrogens is 2. The fourth-order valence-electron chi connectivity index (χ4n) is 2.20. The summed E-state index contributed by atoms with van der Waals surface area (Å²) in [5.41, 5.74) is 0.596. The number of nitrogens with zero attached hydrogens (tertiary/aromatic N) is 1. The van der Waals surface area contributed by atoms with E-state index in [1.165, 1.54) is 39.5 Å². The van der Waals surface area contributed by atoms with Gasteiger partial charge >= 0.3 is 5.97 Å². The first-order valence-corrected chi connectivity index (χ1v) is 8.71. The van der Waals surface area contributed by atoms with Gasteiger partial charge in [-0.25, -0.2) is 9.78 Å². The van der Waals surface area contributed by atoms with Crippen LogP contribution in [0.1, 0.15) is 16.1 Å². The Labute approximate surface area is 159 Å². The monoisotopic (exact) mass is 393 g/mol. The van der Waals surface area contributed by atoms with Gasteiger partial charge in [0.15, 0.2) is 16.7 Å². The Morgan fingerprint density at radius 1 is 1.15 bits per heavy atom.